The highest BCUT2D eigenvalue weighted by atomic mass is 19.1. The van der Waals surface area contributed by atoms with E-state index in [1.54, 1.807) is 28.9 Å². The zero-order valence-corrected chi connectivity index (χ0v) is 17.1. The van der Waals surface area contributed by atoms with Crippen molar-refractivity contribution in [1.29, 1.82) is 0 Å². The first kappa shape index (κ1) is 20.3. The summed E-state index contributed by atoms with van der Waals surface area (Å²) in [6.45, 7) is 2.45. The Morgan fingerprint density at radius 2 is 1.74 bits per heavy atom. The standard InChI is InChI=1S/C25H22FN3O2/c1-2-31-23-14-13-19(15-22(23)26)24-20(16-27-25(30)18-9-5-3-6-10-18)17-29(28-24)21-11-7-4-8-12-21/h3-15,17H,2,16H2,1H3,(H,27,30). The van der Waals surface area contributed by atoms with Crippen molar-refractivity contribution < 1.29 is 13.9 Å². The first-order valence-electron chi connectivity index (χ1n) is 10.1. The van der Waals surface area contributed by atoms with Crippen LogP contribution in [0.15, 0.2) is 85.1 Å². The van der Waals surface area contributed by atoms with Gasteiger partial charge in [0.15, 0.2) is 11.6 Å². The van der Waals surface area contributed by atoms with Gasteiger partial charge in [-0.25, -0.2) is 9.07 Å². The highest BCUT2D eigenvalue weighted by Gasteiger charge is 2.16. The maximum absolute atomic E-state index is 14.5. The molecule has 0 aliphatic heterocycles. The van der Waals surface area contributed by atoms with Crippen LogP contribution >= 0.6 is 0 Å². The molecule has 1 amide bonds. The van der Waals surface area contributed by atoms with Crippen LogP contribution in [0.4, 0.5) is 4.39 Å². The number of amides is 1. The number of ether oxygens (including phenoxy) is 1. The van der Waals surface area contributed by atoms with Crippen LogP contribution in [-0.2, 0) is 6.54 Å². The van der Waals surface area contributed by atoms with Crippen molar-refractivity contribution in [1.82, 2.24) is 15.1 Å². The first-order valence-corrected chi connectivity index (χ1v) is 10.1. The third kappa shape index (κ3) is 4.64. The lowest BCUT2D eigenvalue weighted by molar-refractivity contribution is 0.0951. The van der Waals surface area contributed by atoms with Gasteiger partial charge in [-0.2, -0.15) is 5.10 Å². The first-order chi connectivity index (χ1) is 15.2. The van der Waals surface area contributed by atoms with Gasteiger partial charge < -0.3 is 10.1 Å². The predicted molar refractivity (Wildman–Crippen MR) is 118 cm³/mol. The number of carbonyl (C=O) groups is 1. The molecule has 0 radical (unpaired) electrons. The summed E-state index contributed by atoms with van der Waals surface area (Å²) >= 11 is 0. The van der Waals surface area contributed by atoms with E-state index in [-0.39, 0.29) is 18.2 Å². The summed E-state index contributed by atoms with van der Waals surface area (Å²) < 4.78 is 21.5. The second kappa shape index (κ2) is 9.26. The van der Waals surface area contributed by atoms with Gasteiger partial charge in [0, 0.05) is 29.4 Å². The van der Waals surface area contributed by atoms with E-state index in [0.29, 0.717) is 23.4 Å². The Morgan fingerprint density at radius 1 is 1.03 bits per heavy atom. The van der Waals surface area contributed by atoms with Crippen molar-refractivity contribution >= 4 is 5.91 Å². The molecule has 6 heteroatoms. The van der Waals surface area contributed by atoms with Crippen LogP contribution in [0.25, 0.3) is 16.9 Å². The van der Waals surface area contributed by atoms with Gasteiger partial charge in [0.05, 0.1) is 18.0 Å². The smallest absolute Gasteiger partial charge is 0.251 e. The number of carbonyl (C=O) groups excluding carboxylic acids is 1. The fraction of sp³-hybridized carbons (Fsp3) is 0.120. The van der Waals surface area contributed by atoms with Crippen LogP contribution < -0.4 is 10.1 Å². The summed E-state index contributed by atoms with van der Waals surface area (Å²) in [5.74, 6) is -0.433. The lowest BCUT2D eigenvalue weighted by Crippen LogP contribution is -2.22. The minimum absolute atomic E-state index is 0.183. The molecular weight excluding hydrogens is 393 g/mol. The van der Waals surface area contributed by atoms with E-state index >= 15 is 0 Å². The molecule has 0 saturated heterocycles. The largest absolute Gasteiger partial charge is 0.491 e. The highest BCUT2D eigenvalue weighted by molar-refractivity contribution is 5.94. The summed E-state index contributed by atoms with van der Waals surface area (Å²) in [7, 11) is 0. The number of hydrogen-bond acceptors (Lipinski definition) is 3. The Hall–Kier alpha value is -3.93. The summed E-state index contributed by atoms with van der Waals surface area (Å²) in [6.07, 6.45) is 1.85. The molecule has 0 aliphatic carbocycles. The van der Waals surface area contributed by atoms with Crippen LogP contribution in [0.5, 0.6) is 5.75 Å². The second-order valence-corrected chi connectivity index (χ2v) is 6.91. The Morgan fingerprint density at radius 3 is 2.42 bits per heavy atom. The zero-order chi connectivity index (χ0) is 21.6. The number of aromatic nitrogens is 2. The van der Waals surface area contributed by atoms with E-state index in [2.05, 4.69) is 10.4 Å². The molecule has 1 N–H and O–H groups in total. The van der Waals surface area contributed by atoms with E-state index in [4.69, 9.17) is 4.74 Å². The van der Waals surface area contributed by atoms with E-state index in [1.807, 2.05) is 61.7 Å². The summed E-state index contributed by atoms with van der Waals surface area (Å²) in [4.78, 5) is 12.5. The van der Waals surface area contributed by atoms with Crippen LogP contribution in [0.2, 0.25) is 0 Å². The van der Waals surface area contributed by atoms with Crippen molar-refractivity contribution in [2.24, 2.45) is 0 Å². The predicted octanol–water partition coefficient (Wildman–Crippen LogP) is 5.01. The normalized spacial score (nSPS) is 10.6. The fourth-order valence-electron chi connectivity index (χ4n) is 3.28. The van der Waals surface area contributed by atoms with Crippen LogP contribution in [0.1, 0.15) is 22.8 Å². The topological polar surface area (TPSA) is 56.1 Å². The molecule has 0 fully saturated rings. The highest BCUT2D eigenvalue weighted by Crippen LogP contribution is 2.28. The lowest BCUT2D eigenvalue weighted by Gasteiger charge is -2.08. The molecule has 3 aromatic carbocycles. The van der Waals surface area contributed by atoms with Gasteiger partial charge in [-0.05, 0) is 49.4 Å². The third-order valence-corrected chi connectivity index (χ3v) is 4.79. The van der Waals surface area contributed by atoms with Crippen LogP contribution in [0.3, 0.4) is 0 Å². The molecule has 0 bridgehead atoms. The van der Waals surface area contributed by atoms with E-state index in [9.17, 15) is 9.18 Å². The third-order valence-electron chi connectivity index (χ3n) is 4.79. The Bertz CT molecular complexity index is 1170. The lowest BCUT2D eigenvalue weighted by atomic mass is 10.1. The van der Waals surface area contributed by atoms with E-state index in [1.165, 1.54) is 6.07 Å². The monoisotopic (exact) mass is 415 g/mol. The van der Waals surface area contributed by atoms with Crippen molar-refractivity contribution in [2.75, 3.05) is 6.61 Å². The van der Waals surface area contributed by atoms with Gasteiger partial charge in [-0.15, -0.1) is 0 Å². The number of hydrogen-bond donors (Lipinski definition) is 1. The number of rotatable bonds is 7. The maximum Gasteiger partial charge on any atom is 0.251 e. The average molecular weight is 415 g/mol. The molecule has 0 atom stereocenters. The molecule has 0 aliphatic rings. The minimum Gasteiger partial charge on any atom is -0.491 e. The van der Waals surface area contributed by atoms with Crippen LogP contribution in [0, 0.1) is 5.82 Å². The molecule has 31 heavy (non-hydrogen) atoms. The fourth-order valence-corrected chi connectivity index (χ4v) is 3.28. The molecule has 4 rings (SSSR count). The molecule has 1 aromatic heterocycles. The van der Waals surface area contributed by atoms with E-state index < -0.39 is 5.82 Å². The Kier molecular flexibility index (Phi) is 6.08. The van der Waals surface area contributed by atoms with E-state index in [0.717, 1.165) is 11.3 Å². The maximum atomic E-state index is 14.5. The average Bonchev–Trinajstić information content (AvgIpc) is 3.24. The Balaban J connectivity index is 1.67. The number of benzene rings is 3. The summed E-state index contributed by atoms with van der Waals surface area (Å²) in [5, 5.41) is 7.60. The van der Waals surface area contributed by atoms with Crippen molar-refractivity contribution in [3.63, 3.8) is 0 Å². The number of nitrogens with zero attached hydrogens (tertiary/aromatic N) is 2. The number of halogens is 1. The number of nitrogens with one attached hydrogen (secondary N) is 1. The molecule has 0 saturated carbocycles. The van der Waals surface area contributed by atoms with Gasteiger partial charge in [0.2, 0.25) is 0 Å². The molecular formula is C25H22FN3O2. The minimum atomic E-state index is -0.451. The van der Waals surface area contributed by atoms with Gasteiger partial charge in [0.25, 0.3) is 5.91 Å². The SMILES string of the molecule is CCOc1ccc(-c2nn(-c3ccccc3)cc2CNC(=O)c2ccccc2)cc1F. The summed E-state index contributed by atoms with van der Waals surface area (Å²) in [6, 6.07) is 23.4. The van der Waals surface area contributed by atoms with Crippen LogP contribution in [-0.4, -0.2) is 22.3 Å². The zero-order valence-electron chi connectivity index (χ0n) is 17.1. The molecule has 5 nitrogen and oxygen atoms in total. The van der Waals surface area contributed by atoms with Gasteiger partial charge >= 0.3 is 0 Å². The van der Waals surface area contributed by atoms with Gasteiger partial charge in [-0.3, -0.25) is 4.79 Å². The quantitative estimate of drug-likeness (QED) is 0.462. The molecule has 0 spiro atoms. The van der Waals surface area contributed by atoms with Crippen molar-refractivity contribution in [3.8, 4) is 22.7 Å². The van der Waals surface area contributed by atoms with Crippen molar-refractivity contribution in [2.45, 2.75) is 13.5 Å². The Labute approximate surface area is 180 Å². The molecule has 156 valence electrons. The summed E-state index contributed by atoms with van der Waals surface area (Å²) in [5.41, 5.74) is 3.43. The molecule has 0 unspecified atom stereocenters. The van der Waals surface area contributed by atoms with Gasteiger partial charge in [0.1, 0.15) is 0 Å². The second-order valence-electron chi connectivity index (χ2n) is 6.91. The molecule has 1 heterocycles. The van der Waals surface area contributed by atoms with Crippen molar-refractivity contribution in [3.05, 3.63) is 102 Å². The molecule has 4 aromatic rings. The number of para-hydroxylation sites is 1. The van der Waals surface area contributed by atoms with Gasteiger partial charge in [-0.1, -0.05) is 36.4 Å².